The summed E-state index contributed by atoms with van der Waals surface area (Å²) in [4.78, 5) is 22.6. The summed E-state index contributed by atoms with van der Waals surface area (Å²) in [5.41, 5.74) is 5.93. The van der Waals surface area contributed by atoms with Crippen molar-refractivity contribution in [3.63, 3.8) is 0 Å². The van der Waals surface area contributed by atoms with Crippen LogP contribution in [0.15, 0.2) is 96.0 Å². The SMILES string of the molecule is O=C1C(=Nc2ccc3ccccc3c2)c2ccccc2N1CN1CCc2ccccc2C1. The van der Waals surface area contributed by atoms with Crippen LogP contribution in [0.1, 0.15) is 16.7 Å². The molecular formula is C28H23N3O. The van der Waals surface area contributed by atoms with Crippen LogP contribution in [0.2, 0.25) is 0 Å². The van der Waals surface area contributed by atoms with Gasteiger partial charge in [-0.25, -0.2) is 4.99 Å². The fraction of sp³-hybridized carbons (Fsp3) is 0.143. The highest BCUT2D eigenvalue weighted by molar-refractivity contribution is 6.54. The van der Waals surface area contributed by atoms with Crippen molar-refractivity contribution in [3.05, 3.63) is 108 Å². The molecule has 0 aromatic heterocycles. The maximum Gasteiger partial charge on any atom is 0.278 e. The van der Waals surface area contributed by atoms with E-state index in [0.29, 0.717) is 12.4 Å². The molecule has 4 heteroatoms. The van der Waals surface area contributed by atoms with Gasteiger partial charge in [0.2, 0.25) is 0 Å². The van der Waals surface area contributed by atoms with Crippen molar-refractivity contribution in [2.24, 2.45) is 4.99 Å². The summed E-state index contributed by atoms with van der Waals surface area (Å²) in [6, 6.07) is 30.9. The normalized spacial score (nSPS) is 17.1. The van der Waals surface area contributed by atoms with Crippen molar-refractivity contribution in [2.45, 2.75) is 13.0 Å². The Labute approximate surface area is 187 Å². The highest BCUT2D eigenvalue weighted by atomic mass is 16.2. The molecule has 6 rings (SSSR count). The number of hydrogen-bond acceptors (Lipinski definition) is 3. The Balaban J connectivity index is 1.32. The molecule has 4 nitrogen and oxygen atoms in total. The lowest BCUT2D eigenvalue weighted by atomic mass is 10.0. The number of aliphatic imine (C=N–C) groups is 1. The van der Waals surface area contributed by atoms with Crippen molar-refractivity contribution < 1.29 is 4.79 Å². The molecular weight excluding hydrogens is 394 g/mol. The summed E-state index contributed by atoms with van der Waals surface area (Å²) in [7, 11) is 0. The lowest BCUT2D eigenvalue weighted by Gasteiger charge is -2.32. The smallest absolute Gasteiger partial charge is 0.278 e. The molecule has 0 atom stereocenters. The van der Waals surface area contributed by atoms with Crippen LogP contribution in [-0.2, 0) is 17.8 Å². The molecule has 0 bridgehead atoms. The Kier molecular flexibility index (Phi) is 4.58. The number of nitrogens with zero attached hydrogens (tertiary/aromatic N) is 3. The summed E-state index contributed by atoms with van der Waals surface area (Å²) in [5.74, 6) is -0.0294. The van der Waals surface area contributed by atoms with Gasteiger partial charge >= 0.3 is 0 Å². The van der Waals surface area contributed by atoms with Gasteiger partial charge in [0.1, 0.15) is 5.71 Å². The van der Waals surface area contributed by atoms with E-state index in [-0.39, 0.29) is 5.91 Å². The zero-order valence-electron chi connectivity index (χ0n) is 17.7. The molecule has 4 aromatic carbocycles. The quantitative estimate of drug-likeness (QED) is 0.452. The molecule has 0 unspecified atom stereocenters. The van der Waals surface area contributed by atoms with Crippen LogP contribution in [0, 0.1) is 0 Å². The average molecular weight is 418 g/mol. The number of anilines is 1. The molecule has 2 aliphatic heterocycles. The zero-order valence-corrected chi connectivity index (χ0v) is 17.7. The van der Waals surface area contributed by atoms with Crippen LogP contribution in [-0.4, -0.2) is 29.7 Å². The average Bonchev–Trinajstić information content (AvgIpc) is 3.10. The second-order valence-corrected chi connectivity index (χ2v) is 8.45. The number of fused-ring (bicyclic) bond motifs is 3. The molecule has 156 valence electrons. The summed E-state index contributed by atoms with van der Waals surface area (Å²) < 4.78 is 0. The van der Waals surface area contributed by atoms with Crippen molar-refractivity contribution in [1.29, 1.82) is 0 Å². The molecule has 0 radical (unpaired) electrons. The number of carbonyl (C=O) groups excluding carboxylic acids is 1. The lowest BCUT2D eigenvalue weighted by molar-refractivity contribution is -0.112. The van der Waals surface area contributed by atoms with E-state index >= 15 is 0 Å². The topological polar surface area (TPSA) is 35.9 Å². The third-order valence-corrected chi connectivity index (χ3v) is 6.42. The summed E-state index contributed by atoms with van der Waals surface area (Å²) in [6.45, 7) is 2.38. The molecule has 0 aliphatic carbocycles. The molecule has 0 spiro atoms. The molecule has 1 amide bonds. The minimum Gasteiger partial charge on any atom is -0.293 e. The Bertz CT molecular complexity index is 1370. The molecule has 0 saturated carbocycles. The maximum atomic E-state index is 13.5. The first-order valence-corrected chi connectivity index (χ1v) is 11.0. The van der Waals surface area contributed by atoms with Crippen LogP contribution in [0.3, 0.4) is 0 Å². The van der Waals surface area contributed by atoms with E-state index in [9.17, 15) is 4.79 Å². The number of amides is 1. The molecule has 0 fully saturated rings. The third-order valence-electron chi connectivity index (χ3n) is 6.42. The molecule has 32 heavy (non-hydrogen) atoms. The fourth-order valence-corrected chi connectivity index (χ4v) is 4.76. The highest BCUT2D eigenvalue weighted by Crippen LogP contribution is 2.32. The van der Waals surface area contributed by atoms with Gasteiger partial charge < -0.3 is 0 Å². The Hall–Kier alpha value is -3.76. The maximum absolute atomic E-state index is 13.5. The van der Waals surface area contributed by atoms with Gasteiger partial charge in [0.05, 0.1) is 18.0 Å². The predicted molar refractivity (Wildman–Crippen MR) is 129 cm³/mol. The van der Waals surface area contributed by atoms with E-state index in [1.165, 1.54) is 16.5 Å². The van der Waals surface area contributed by atoms with Crippen LogP contribution in [0.5, 0.6) is 0 Å². The van der Waals surface area contributed by atoms with Crippen molar-refractivity contribution in [1.82, 2.24) is 4.90 Å². The number of para-hydroxylation sites is 1. The van der Waals surface area contributed by atoms with Crippen LogP contribution < -0.4 is 4.90 Å². The number of rotatable bonds is 3. The minimum absolute atomic E-state index is 0.0294. The van der Waals surface area contributed by atoms with Crippen molar-refractivity contribution in [2.75, 3.05) is 18.1 Å². The van der Waals surface area contributed by atoms with Gasteiger partial charge in [-0.05, 0) is 46.5 Å². The van der Waals surface area contributed by atoms with E-state index in [2.05, 4.69) is 47.4 Å². The van der Waals surface area contributed by atoms with Gasteiger partial charge in [-0.2, -0.15) is 0 Å². The first kappa shape index (κ1) is 19.0. The largest absolute Gasteiger partial charge is 0.293 e. The van der Waals surface area contributed by atoms with Gasteiger partial charge in [-0.3, -0.25) is 14.6 Å². The van der Waals surface area contributed by atoms with E-state index in [1.807, 2.05) is 53.4 Å². The Morgan fingerprint density at radius 1 is 0.781 bits per heavy atom. The first-order valence-electron chi connectivity index (χ1n) is 11.0. The number of benzene rings is 4. The van der Waals surface area contributed by atoms with Gasteiger partial charge in [0, 0.05) is 18.7 Å². The second kappa shape index (κ2) is 7.74. The zero-order chi connectivity index (χ0) is 21.5. The van der Waals surface area contributed by atoms with Gasteiger partial charge in [0.25, 0.3) is 5.91 Å². The molecule has 0 N–H and O–H groups in total. The standard InChI is InChI=1S/C28H23N3O/c32-28-27(29-24-14-13-20-7-1-3-9-22(20)17-24)25-11-5-6-12-26(25)31(28)19-30-16-15-21-8-2-4-10-23(21)18-30/h1-14,17H,15-16,18-19H2. The summed E-state index contributed by atoms with van der Waals surface area (Å²) in [6.07, 6.45) is 1.01. The Morgan fingerprint density at radius 3 is 2.44 bits per heavy atom. The van der Waals surface area contributed by atoms with Crippen molar-refractivity contribution >= 4 is 33.8 Å². The van der Waals surface area contributed by atoms with E-state index < -0.39 is 0 Å². The summed E-state index contributed by atoms with van der Waals surface area (Å²) in [5, 5.41) is 2.29. The highest BCUT2D eigenvalue weighted by Gasteiger charge is 2.35. The van der Waals surface area contributed by atoms with Crippen LogP contribution >= 0.6 is 0 Å². The molecule has 0 saturated heterocycles. The van der Waals surface area contributed by atoms with Crippen LogP contribution in [0.4, 0.5) is 11.4 Å². The van der Waals surface area contributed by atoms with Gasteiger partial charge in [-0.1, -0.05) is 72.8 Å². The Morgan fingerprint density at radius 2 is 1.53 bits per heavy atom. The lowest BCUT2D eigenvalue weighted by Crippen LogP contribution is -2.43. The monoisotopic (exact) mass is 417 g/mol. The van der Waals surface area contributed by atoms with Gasteiger partial charge in [-0.15, -0.1) is 0 Å². The number of hydrogen-bond donors (Lipinski definition) is 0. The molecule has 2 aliphatic rings. The summed E-state index contributed by atoms with van der Waals surface area (Å²) >= 11 is 0. The van der Waals surface area contributed by atoms with Crippen molar-refractivity contribution in [3.8, 4) is 0 Å². The van der Waals surface area contributed by atoms with Gasteiger partial charge in [0.15, 0.2) is 0 Å². The molecule has 2 heterocycles. The fourth-order valence-electron chi connectivity index (χ4n) is 4.76. The minimum atomic E-state index is -0.0294. The van der Waals surface area contributed by atoms with E-state index in [1.54, 1.807) is 0 Å². The number of carbonyl (C=O) groups is 1. The second-order valence-electron chi connectivity index (χ2n) is 8.45. The van der Waals surface area contributed by atoms with Crippen LogP contribution in [0.25, 0.3) is 10.8 Å². The molecule has 4 aromatic rings. The van der Waals surface area contributed by atoms with E-state index in [4.69, 9.17) is 4.99 Å². The van der Waals surface area contributed by atoms with E-state index in [0.717, 1.165) is 41.8 Å². The first-order chi connectivity index (χ1) is 15.8. The predicted octanol–water partition coefficient (Wildman–Crippen LogP) is 5.32. The third kappa shape index (κ3) is 3.29.